The van der Waals surface area contributed by atoms with Crippen LogP contribution in [-0.4, -0.2) is 64.3 Å². The maximum Gasteiger partial charge on any atom is 0.309 e. The molecule has 2 aromatic rings. The molecule has 0 aromatic heterocycles. The average molecular weight is 521 g/mol. The molecule has 0 spiro atoms. The van der Waals surface area contributed by atoms with E-state index in [1.807, 2.05) is 13.2 Å². The molecule has 190 valence electrons. The number of carbonyl (C=O) groups is 2. The Balaban J connectivity index is 1.88. The second-order valence-electron chi connectivity index (χ2n) is 8.00. The van der Waals surface area contributed by atoms with E-state index in [4.69, 9.17) is 9.47 Å². The minimum absolute atomic E-state index is 0.0930. The molecule has 1 heterocycles. The summed E-state index contributed by atoms with van der Waals surface area (Å²) in [5.41, 5.74) is 0.304. The summed E-state index contributed by atoms with van der Waals surface area (Å²) in [5, 5.41) is 0. The third kappa shape index (κ3) is 6.49. The summed E-state index contributed by atoms with van der Waals surface area (Å²) in [6.45, 7) is 4.61. The summed E-state index contributed by atoms with van der Waals surface area (Å²) in [6.07, 6.45) is 2.89. The van der Waals surface area contributed by atoms with E-state index < -0.39 is 10.0 Å². The van der Waals surface area contributed by atoms with Crippen LogP contribution in [0.5, 0.6) is 5.75 Å². The van der Waals surface area contributed by atoms with Crippen LogP contribution in [0.1, 0.15) is 26.7 Å². The summed E-state index contributed by atoms with van der Waals surface area (Å²) in [6, 6.07) is 13.4. The van der Waals surface area contributed by atoms with Crippen LogP contribution in [0.15, 0.2) is 58.3 Å². The fraction of sp³-hybridized carbons (Fsp3) is 0.440. The van der Waals surface area contributed by atoms with E-state index >= 15 is 0 Å². The topological polar surface area (TPSA) is 93.2 Å². The van der Waals surface area contributed by atoms with E-state index in [2.05, 4.69) is 0 Å². The van der Waals surface area contributed by atoms with Crippen LogP contribution in [0, 0.1) is 5.92 Å². The van der Waals surface area contributed by atoms with Gasteiger partial charge in [-0.05, 0) is 69.3 Å². The van der Waals surface area contributed by atoms with E-state index in [9.17, 15) is 18.0 Å². The molecule has 0 N–H and O–H groups in total. The molecule has 1 fully saturated rings. The summed E-state index contributed by atoms with van der Waals surface area (Å²) in [7, 11) is -4.06. The van der Waals surface area contributed by atoms with Gasteiger partial charge in [0.15, 0.2) is 0 Å². The zero-order valence-electron chi connectivity index (χ0n) is 20.3. The number of likely N-dealkylation sites (tertiary alicyclic amines) is 1. The molecule has 35 heavy (non-hydrogen) atoms. The number of carbonyl (C=O) groups excluding carboxylic acids is 2. The Labute approximate surface area is 211 Å². The first-order chi connectivity index (χ1) is 16.8. The highest BCUT2D eigenvalue weighted by atomic mass is 32.2. The Morgan fingerprint density at radius 3 is 2.29 bits per heavy atom. The van der Waals surface area contributed by atoms with E-state index in [0.29, 0.717) is 50.6 Å². The number of hydrogen-bond acceptors (Lipinski definition) is 7. The number of sulfonamides is 1. The maximum absolute atomic E-state index is 13.8. The molecule has 8 nitrogen and oxygen atoms in total. The van der Waals surface area contributed by atoms with E-state index in [1.54, 1.807) is 60.4 Å². The number of hydrogen-bond donors (Lipinski definition) is 0. The van der Waals surface area contributed by atoms with E-state index in [-0.39, 0.29) is 29.2 Å². The molecule has 1 amide bonds. The lowest BCUT2D eigenvalue weighted by Gasteiger charge is -2.33. The molecule has 10 heteroatoms. The van der Waals surface area contributed by atoms with Gasteiger partial charge < -0.3 is 14.4 Å². The van der Waals surface area contributed by atoms with Gasteiger partial charge in [-0.25, -0.2) is 8.42 Å². The number of thioether (sulfide) groups is 1. The number of nitrogens with zero attached hydrogens (tertiary/aromatic N) is 2. The molecule has 0 atom stereocenters. The number of piperidine rings is 1. The highest BCUT2D eigenvalue weighted by Crippen LogP contribution is 2.33. The van der Waals surface area contributed by atoms with Crippen LogP contribution in [0.4, 0.5) is 5.69 Å². The lowest BCUT2D eigenvalue weighted by molar-refractivity contribution is -0.151. The van der Waals surface area contributed by atoms with Gasteiger partial charge in [0.1, 0.15) is 12.3 Å². The molecule has 0 unspecified atom stereocenters. The van der Waals surface area contributed by atoms with Gasteiger partial charge >= 0.3 is 5.97 Å². The first-order valence-corrected chi connectivity index (χ1v) is 14.3. The molecule has 1 aliphatic heterocycles. The number of rotatable bonds is 10. The first kappa shape index (κ1) is 26.9. The van der Waals surface area contributed by atoms with Gasteiger partial charge in [0, 0.05) is 18.0 Å². The predicted octanol–water partition coefficient (Wildman–Crippen LogP) is 3.80. The Morgan fingerprint density at radius 1 is 1.03 bits per heavy atom. The molecular formula is C25H32N2O6S2. The number of ether oxygens (including phenoxy) is 2. The highest BCUT2D eigenvalue weighted by Gasteiger charge is 2.33. The third-order valence-corrected chi connectivity index (χ3v) is 8.35. The third-order valence-electron chi connectivity index (χ3n) is 5.83. The minimum atomic E-state index is -4.06. The number of para-hydroxylation sites is 2. The summed E-state index contributed by atoms with van der Waals surface area (Å²) in [4.78, 5) is 28.0. The van der Waals surface area contributed by atoms with Gasteiger partial charge in [0.05, 0.1) is 29.7 Å². The molecule has 3 rings (SSSR count). The smallest absolute Gasteiger partial charge is 0.309 e. The molecular weight excluding hydrogens is 488 g/mol. The minimum Gasteiger partial charge on any atom is -0.492 e. The van der Waals surface area contributed by atoms with Gasteiger partial charge in [0.2, 0.25) is 5.91 Å². The Hall–Kier alpha value is -2.72. The predicted molar refractivity (Wildman–Crippen MR) is 136 cm³/mol. The largest absolute Gasteiger partial charge is 0.492 e. The van der Waals surface area contributed by atoms with Crippen molar-refractivity contribution in [3.05, 3.63) is 48.5 Å². The normalized spacial score (nSPS) is 14.4. The van der Waals surface area contributed by atoms with Crippen molar-refractivity contribution in [3.8, 4) is 5.75 Å². The summed E-state index contributed by atoms with van der Waals surface area (Å²) < 4.78 is 39.4. The number of amides is 1. The van der Waals surface area contributed by atoms with Gasteiger partial charge in [-0.2, -0.15) is 0 Å². The lowest BCUT2D eigenvalue weighted by Crippen LogP contribution is -2.46. The highest BCUT2D eigenvalue weighted by molar-refractivity contribution is 7.98. The van der Waals surface area contributed by atoms with Gasteiger partial charge in [0.25, 0.3) is 10.0 Å². The van der Waals surface area contributed by atoms with Crippen molar-refractivity contribution in [2.45, 2.75) is 36.5 Å². The van der Waals surface area contributed by atoms with Crippen LogP contribution < -0.4 is 9.04 Å². The van der Waals surface area contributed by atoms with Gasteiger partial charge in [-0.1, -0.05) is 12.1 Å². The maximum atomic E-state index is 13.8. The van der Waals surface area contributed by atoms with Crippen molar-refractivity contribution >= 4 is 39.3 Å². The van der Waals surface area contributed by atoms with Crippen LogP contribution >= 0.6 is 11.8 Å². The van der Waals surface area contributed by atoms with Crippen molar-refractivity contribution in [1.29, 1.82) is 0 Å². The van der Waals surface area contributed by atoms with Crippen molar-refractivity contribution in [2.24, 2.45) is 5.92 Å². The fourth-order valence-electron chi connectivity index (χ4n) is 3.96. The molecule has 0 saturated carbocycles. The first-order valence-electron chi connectivity index (χ1n) is 11.6. The number of esters is 1. The van der Waals surface area contributed by atoms with Crippen molar-refractivity contribution in [3.63, 3.8) is 0 Å². The van der Waals surface area contributed by atoms with Gasteiger partial charge in [-0.15, -0.1) is 11.8 Å². The molecule has 2 aromatic carbocycles. The standard InChI is InChI=1S/C25H32N2O6S2/c1-4-32-23-9-7-6-8-22(23)27(35(30,31)21-12-10-20(34-3)11-13-21)18-24(28)26-16-14-19(15-17-26)25(29)33-5-2/h6-13,19H,4-5,14-18H2,1-3H3. The summed E-state index contributed by atoms with van der Waals surface area (Å²) in [5.74, 6) is -0.438. The monoisotopic (exact) mass is 520 g/mol. The quantitative estimate of drug-likeness (QED) is 0.347. The Morgan fingerprint density at radius 2 is 1.69 bits per heavy atom. The van der Waals surface area contributed by atoms with Crippen LogP contribution in [-0.2, 0) is 24.3 Å². The lowest BCUT2D eigenvalue weighted by atomic mass is 9.97. The fourth-order valence-corrected chi connectivity index (χ4v) is 5.80. The van der Waals surface area contributed by atoms with E-state index in [1.165, 1.54) is 11.8 Å². The van der Waals surface area contributed by atoms with Crippen LogP contribution in [0.3, 0.4) is 0 Å². The zero-order chi connectivity index (χ0) is 25.4. The zero-order valence-corrected chi connectivity index (χ0v) is 21.9. The number of anilines is 1. The molecule has 1 aliphatic rings. The average Bonchev–Trinajstić information content (AvgIpc) is 2.88. The summed E-state index contributed by atoms with van der Waals surface area (Å²) >= 11 is 1.51. The second-order valence-corrected chi connectivity index (χ2v) is 10.7. The Kier molecular flexibility index (Phi) is 9.45. The SMILES string of the molecule is CCOC(=O)C1CCN(C(=O)CN(c2ccccc2OCC)S(=O)(=O)c2ccc(SC)cc2)CC1. The van der Waals surface area contributed by atoms with Gasteiger partial charge in [-0.3, -0.25) is 13.9 Å². The number of benzene rings is 2. The molecule has 0 aliphatic carbocycles. The van der Waals surface area contributed by atoms with Crippen LogP contribution in [0.2, 0.25) is 0 Å². The molecule has 0 bridgehead atoms. The second kappa shape index (κ2) is 12.3. The molecule has 0 radical (unpaired) electrons. The Bertz CT molecular complexity index is 1110. The molecule has 1 saturated heterocycles. The van der Waals surface area contributed by atoms with Crippen LogP contribution in [0.25, 0.3) is 0 Å². The van der Waals surface area contributed by atoms with Crippen molar-refractivity contribution in [2.75, 3.05) is 43.4 Å². The van der Waals surface area contributed by atoms with Crippen molar-refractivity contribution < 1.29 is 27.5 Å². The van der Waals surface area contributed by atoms with Crippen molar-refractivity contribution in [1.82, 2.24) is 4.90 Å². The van der Waals surface area contributed by atoms with E-state index in [0.717, 1.165) is 9.20 Å².